The molecule has 3 aromatic rings. The number of aromatic carboxylic acids is 1. The van der Waals surface area contributed by atoms with E-state index >= 15 is 0 Å². The number of halogens is 1. The van der Waals surface area contributed by atoms with Gasteiger partial charge in [-0.05, 0) is 80.6 Å². The number of likely N-dealkylation sites (N-methyl/N-ethyl adjacent to an activating group) is 1. The van der Waals surface area contributed by atoms with Gasteiger partial charge < -0.3 is 20.1 Å². The molecule has 2 aliphatic heterocycles. The number of nitrogens with one attached hydrogen (secondary N) is 1. The average molecular weight is 608 g/mol. The van der Waals surface area contributed by atoms with Gasteiger partial charge in [-0.25, -0.2) is 17.6 Å². The molecule has 0 aromatic heterocycles. The summed E-state index contributed by atoms with van der Waals surface area (Å²) >= 11 is 0. The number of piperidine rings is 1. The Morgan fingerprint density at radius 3 is 2.40 bits per heavy atom. The first-order valence-corrected chi connectivity index (χ1v) is 16.6. The molecular formula is C33H38FN3O5S. The third-order valence-corrected chi connectivity index (χ3v) is 11.1. The molecule has 228 valence electrons. The number of carboxylic acids is 1. The summed E-state index contributed by atoms with van der Waals surface area (Å²) in [6.07, 6.45) is 6.73. The number of sulfonamides is 1. The summed E-state index contributed by atoms with van der Waals surface area (Å²) in [5.41, 5.74) is 1.71. The summed E-state index contributed by atoms with van der Waals surface area (Å²) in [5.74, 6) is -1.57. The van der Waals surface area contributed by atoms with E-state index in [1.807, 2.05) is 30.3 Å². The zero-order valence-electron chi connectivity index (χ0n) is 24.3. The van der Waals surface area contributed by atoms with Crippen molar-refractivity contribution < 1.29 is 27.4 Å². The molecule has 2 heterocycles. The lowest BCUT2D eigenvalue weighted by atomic mass is 9.83. The average Bonchev–Trinajstić information content (AvgIpc) is 3.10. The van der Waals surface area contributed by atoms with Gasteiger partial charge in [-0.3, -0.25) is 0 Å². The number of carboxylic acid groups (broad SMARTS) is 1. The van der Waals surface area contributed by atoms with Crippen LogP contribution in [-0.4, -0.2) is 62.6 Å². The van der Waals surface area contributed by atoms with Crippen LogP contribution < -0.4 is 15.0 Å². The Morgan fingerprint density at radius 2 is 1.70 bits per heavy atom. The largest absolute Gasteiger partial charge is 0.490 e. The molecule has 6 rings (SSSR count). The van der Waals surface area contributed by atoms with Gasteiger partial charge in [0.15, 0.2) is 0 Å². The maximum absolute atomic E-state index is 14.5. The molecule has 0 bridgehead atoms. The molecular weight excluding hydrogens is 569 g/mol. The highest BCUT2D eigenvalue weighted by atomic mass is 32.2. The maximum atomic E-state index is 14.5. The number of ether oxygens (including phenoxy) is 1. The van der Waals surface area contributed by atoms with Crippen molar-refractivity contribution in [3.8, 4) is 16.9 Å². The van der Waals surface area contributed by atoms with Crippen LogP contribution >= 0.6 is 0 Å². The van der Waals surface area contributed by atoms with Crippen LogP contribution in [0.3, 0.4) is 0 Å². The van der Waals surface area contributed by atoms with Crippen LogP contribution in [0.5, 0.6) is 5.75 Å². The molecule has 8 nitrogen and oxygen atoms in total. The fourth-order valence-corrected chi connectivity index (χ4v) is 8.40. The van der Waals surface area contributed by atoms with Crippen molar-refractivity contribution in [3.63, 3.8) is 0 Å². The van der Waals surface area contributed by atoms with Gasteiger partial charge in [0.2, 0.25) is 10.0 Å². The number of benzene rings is 3. The molecule has 0 radical (unpaired) electrons. The van der Waals surface area contributed by atoms with Crippen molar-refractivity contribution in [2.24, 2.45) is 5.92 Å². The van der Waals surface area contributed by atoms with Crippen molar-refractivity contribution in [2.45, 2.75) is 62.0 Å². The minimum absolute atomic E-state index is 0.109. The van der Waals surface area contributed by atoms with Gasteiger partial charge in [0.1, 0.15) is 22.6 Å². The molecule has 1 aliphatic carbocycles. The Balaban J connectivity index is 1.57. The Bertz CT molecular complexity index is 1590. The summed E-state index contributed by atoms with van der Waals surface area (Å²) in [4.78, 5) is 14.0. The predicted octanol–water partition coefficient (Wildman–Crippen LogP) is 6.04. The molecule has 3 aliphatic rings. The van der Waals surface area contributed by atoms with E-state index in [4.69, 9.17) is 4.74 Å². The van der Waals surface area contributed by atoms with Crippen LogP contribution in [0.15, 0.2) is 65.6 Å². The third-order valence-electron chi connectivity index (χ3n) is 9.20. The highest BCUT2D eigenvalue weighted by Crippen LogP contribution is 2.46. The van der Waals surface area contributed by atoms with E-state index in [0.29, 0.717) is 29.1 Å². The Morgan fingerprint density at radius 1 is 0.977 bits per heavy atom. The van der Waals surface area contributed by atoms with E-state index < -0.39 is 27.4 Å². The first kappa shape index (κ1) is 29.6. The summed E-state index contributed by atoms with van der Waals surface area (Å²) < 4.78 is 51.5. The van der Waals surface area contributed by atoms with Crippen LogP contribution in [0.2, 0.25) is 0 Å². The zero-order chi connectivity index (χ0) is 30.1. The van der Waals surface area contributed by atoms with Crippen molar-refractivity contribution in [2.75, 3.05) is 31.6 Å². The summed E-state index contributed by atoms with van der Waals surface area (Å²) in [5, 5.41) is 13.0. The SMILES string of the molecule is CN1[C@H](C2CCCCC2)CN(c2ccccc2)c2cc(OC3CCNCC3)c(-c3ccc(F)c(C(=O)O)c3)cc2S1(=O)=O. The predicted molar refractivity (Wildman–Crippen MR) is 164 cm³/mol. The number of hydrogen-bond acceptors (Lipinski definition) is 6. The normalized spacial score (nSPS) is 21.6. The van der Waals surface area contributed by atoms with E-state index in [-0.39, 0.29) is 23.0 Å². The first-order valence-electron chi connectivity index (χ1n) is 15.1. The standard InChI is InChI=1S/C33H38FN3O5S/c1-36-30(22-8-4-2-5-9-22)21-37(24-10-6-3-7-11-24)29-20-31(42-25-14-16-35-17-15-25)26(19-32(29)43(36,40)41)23-12-13-28(34)27(18-23)33(38)39/h3,6-7,10-13,18-20,22,25,30,35H,2,4-5,8-9,14-17,21H2,1H3,(H,38,39)/t30-/m0/s1. The Hall–Kier alpha value is -3.47. The lowest BCUT2D eigenvalue weighted by Gasteiger charge is -2.36. The molecule has 0 amide bonds. The van der Waals surface area contributed by atoms with Gasteiger partial charge in [0, 0.05) is 37.0 Å². The first-order chi connectivity index (χ1) is 20.7. The van der Waals surface area contributed by atoms with E-state index in [1.54, 1.807) is 19.2 Å². The minimum Gasteiger partial charge on any atom is -0.490 e. The lowest BCUT2D eigenvalue weighted by Crippen LogP contribution is -2.46. The number of rotatable bonds is 6. The summed E-state index contributed by atoms with van der Waals surface area (Å²) in [7, 11) is -2.30. The van der Waals surface area contributed by atoms with Crippen LogP contribution in [0.1, 0.15) is 55.3 Å². The molecule has 0 spiro atoms. The van der Waals surface area contributed by atoms with Crippen molar-refractivity contribution in [1.29, 1.82) is 0 Å². The number of carbonyl (C=O) groups is 1. The van der Waals surface area contributed by atoms with Crippen LogP contribution in [0.4, 0.5) is 15.8 Å². The second-order valence-electron chi connectivity index (χ2n) is 11.8. The molecule has 1 saturated carbocycles. The zero-order valence-corrected chi connectivity index (χ0v) is 25.2. The summed E-state index contributed by atoms with van der Waals surface area (Å²) in [6, 6.07) is 16.8. The van der Waals surface area contributed by atoms with Gasteiger partial charge in [-0.2, -0.15) is 4.31 Å². The lowest BCUT2D eigenvalue weighted by molar-refractivity contribution is 0.0692. The number of anilines is 2. The molecule has 2 fully saturated rings. The Kier molecular flexibility index (Phi) is 8.44. The van der Waals surface area contributed by atoms with E-state index in [1.165, 1.54) is 22.9 Å². The second kappa shape index (κ2) is 12.3. The maximum Gasteiger partial charge on any atom is 0.338 e. The quantitative estimate of drug-likeness (QED) is 0.352. The van der Waals surface area contributed by atoms with Gasteiger partial charge in [0.05, 0.1) is 11.3 Å². The number of nitrogens with zero attached hydrogens (tertiary/aromatic N) is 2. The second-order valence-corrected chi connectivity index (χ2v) is 13.8. The number of hydrogen-bond donors (Lipinski definition) is 2. The molecule has 1 saturated heterocycles. The van der Waals surface area contributed by atoms with E-state index in [9.17, 15) is 22.7 Å². The summed E-state index contributed by atoms with van der Waals surface area (Å²) in [6.45, 7) is 2.08. The molecule has 3 aromatic carbocycles. The van der Waals surface area contributed by atoms with Gasteiger partial charge in [-0.15, -0.1) is 0 Å². The number of fused-ring (bicyclic) bond motifs is 1. The van der Waals surface area contributed by atoms with Crippen LogP contribution in [0, 0.1) is 11.7 Å². The molecule has 2 N–H and O–H groups in total. The third kappa shape index (κ3) is 5.88. The molecule has 10 heteroatoms. The van der Waals surface area contributed by atoms with E-state index in [2.05, 4.69) is 10.2 Å². The van der Waals surface area contributed by atoms with E-state index in [0.717, 1.165) is 63.4 Å². The molecule has 43 heavy (non-hydrogen) atoms. The van der Waals surface area contributed by atoms with Crippen molar-refractivity contribution in [3.05, 3.63) is 72.0 Å². The highest BCUT2D eigenvalue weighted by molar-refractivity contribution is 7.89. The van der Waals surface area contributed by atoms with Crippen molar-refractivity contribution >= 4 is 27.4 Å². The fourth-order valence-electron chi connectivity index (χ4n) is 6.79. The topological polar surface area (TPSA) is 99.2 Å². The highest BCUT2D eigenvalue weighted by Gasteiger charge is 2.41. The molecule has 0 unspecified atom stereocenters. The smallest absolute Gasteiger partial charge is 0.338 e. The number of para-hydroxylation sites is 1. The van der Waals surface area contributed by atoms with Gasteiger partial charge >= 0.3 is 5.97 Å². The van der Waals surface area contributed by atoms with Crippen molar-refractivity contribution in [1.82, 2.24) is 9.62 Å². The van der Waals surface area contributed by atoms with Crippen LogP contribution in [-0.2, 0) is 10.0 Å². The monoisotopic (exact) mass is 607 g/mol. The van der Waals surface area contributed by atoms with Gasteiger partial charge in [-0.1, -0.05) is 43.5 Å². The fraction of sp³-hybridized carbons (Fsp3) is 0.424. The van der Waals surface area contributed by atoms with Gasteiger partial charge in [0.25, 0.3) is 0 Å². The van der Waals surface area contributed by atoms with Crippen LogP contribution in [0.25, 0.3) is 11.1 Å². The molecule has 1 atom stereocenters. The minimum atomic E-state index is -3.98. The Labute approximate surface area is 252 Å².